The second-order valence-electron chi connectivity index (χ2n) is 11.3. The summed E-state index contributed by atoms with van der Waals surface area (Å²) in [4.78, 5) is 15.8. The Morgan fingerprint density at radius 3 is 2.17 bits per heavy atom. The molecule has 0 saturated carbocycles. The zero-order valence-corrected chi connectivity index (χ0v) is 23.9. The largest absolute Gasteiger partial charge is 0.378 e. The van der Waals surface area contributed by atoms with Crippen molar-refractivity contribution in [1.29, 1.82) is 0 Å². The minimum absolute atomic E-state index is 0.437. The van der Waals surface area contributed by atoms with E-state index in [4.69, 9.17) is 4.74 Å². The molecule has 0 N–H and O–H groups in total. The van der Waals surface area contributed by atoms with Crippen molar-refractivity contribution in [3.63, 3.8) is 0 Å². The Morgan fingerprint density at radius 1 is 0.675 bits per heavy atom. The van der Waals surface area contributed by atoms with Crippen molar-refractivity contribution in [2.75, 3.05) is 31.2 Å². The Morgan fingerprint density at radius 2 is 1.43 bits per heavy atom. The van der Waals surface area contributed by atoms with Crippen LogP contribution < -0.4 is 4.90 Å². The van der Waals surface area contributed by atoms with Crippen molar-refractivity contribution in [2.45, 2.75) is 63.2 Å². The van der Waals surface area contributed by atoms with Crippen LogP contribution in [0.3, 0.4) is 0 Å². The molecule has 0 aliphatic carbocycles. The van der Waals surface area contributed by atoms with E-state index in [0.717, 1.165) is 57.8 Å². The lowest BCUT2D eigenvalue weighted by Gasteiger charge is -2.29. The van der Waals surface area contributed by atoms with Crippen molar-refractivity contribution in [3.05, 3.63) is 120 Å². The van der Waals surface area contributed by atoms with E-state index in [1.54, 1.807) is 0 Å². The van der Waals surface area contributed by atoms with Crippen LogP contribution in [0.2, 0.25) is 0 Å². The molecule has 5 rings (SSSR count). The molecule has 5 nitrogen and oxygen atoms in total. The quantitative estimate of drug-likeness (QED) is 0.186. The number of hydrogen-bond acceptors (Lipinski definition) is 5. The van der Waals surface area contributed by atoms with Gasteiger partial charge in [-0.3, -0.25) is 9.97 Å². The van der Waals surface area contributed by atoms with Crippen LogP contribution in [0.5, 0.6) is 0 Å². The Labute approximate surface area is 239 Å². The van der Waals surface area contributed by atoms with Gasteiger partial charge >= 0.3 is 0 Å². The molecule has 40 heavy (non-hydrogen) atoms. The summed E-state index contributed by atoms with van der Waals surface area (Å²) < 4.78 is 5.54. The van der Waals surface area contributed by atoms with Crippen molar-refractivity contribution >= 4 is 5.82 Å². The van der Waals surface area contributed by atoms with E-state index in [9.17, 15) is 0 Å². The van der Waals surface area contributed by atoms with E-state index in [1.165, 1.54) is 22.3 Å². The second kappa shape index (κ2) is 14.2. The van der Waals surface area contributed by atoms with Crippen LogP contribution in [0.25, 0.3) is 0 Å². The van der Waals surface area contributed by atoms with Gasteiger partial charge in [0.2, 0.25) is 0 Å². The third kappa shape index (κ3) is 7.54. The monoisotopic (exact) mass is 534 g/mol. The summed E-state index contributed by atoms with van der Waals surface area (Å²) in [6.45, 7) is 8.08. The SMILES string of the molecule is CC(CCC(CC(CC(C)c1ccncc1)c1ccccc1)c1cccnc1)c1ccnc(N2CCOCC2)c1. The van der Waals surface area contributed by atoms with Gasteiger partial charge in [0, 0.05) is 44.1 Å². The number of ether oxygens (including phenoxy) is 1. The second-order valence-corrected chi connectivity index (χ2v) is 11.3. The van der Waals surface area contributed by atoms with Crippen LogP contribution >= 0.6 is 0 Å². The van der Waals surface area contributed by atoms with Gasteiger partial charge in [-0.1, -0.05) is 50.2 Å². The molecule has 1 aliphatic heterocycles. The summed E-state index contributed by atoms with van der Waals surface area (Å²) in [5, 5.41) is 0. The molecule has 5 heteroatoms. The number of morpholine rings is 1. The first-order chi connectivity index (χ1) is 19.7. The van der Waals surface area contributed by atoms with Crippen molar-refractivity contribution in [1.82, 2.24) is 15.0 Å². The van der Waals surface area contributed by atoms with Crippen molar-refractivity contribution in [2.24, 2.45) is 0 Å². The number of aromatic nitrogens is 3. The fraction of sp³-hybridized carbons (Fsp3) is 0.400. The third-order valence-corrected chi connectivity index (χ3v) is 8.53. The minimum atomic E-state index is 0.437. The van der Waals surface area contributed by atoms with Crippen LogP contribution in [0.4, 0.5) is 5.82 Å². The highest BCUT2D eigenvalue weighted by Crippen LogP contribution is 2.40. The number of anilines is 1. The first kappa shape index (κ1) is 28.0. The van der Waals surface area contributed by atoms with E-state index in [-0.39, 0.29) is 0 Å². The zero-order valence-electron chi connectivity index (χ0n) is 23.9. The van der Waals surface area contributed by atoms with Gasteiger partial charge in [-0.05, 0) is 102 Å². The minimum Gasteiger partial charge on any atom is -0.378 e. The van der Waals surface area contributed by atoms with E-state index in [1.807, 2.05) is 24.8 Å². The molecule has 4 heterocycles. The average molecular weight is 535 g/mol. The average Bonchev–Trinajstić information content (AvgIpc) is 3.04. The molecule has 3 aromatic heterocycles. The van der Waals surface area contributed by atoms with Crippen molar-refractivity contribution < 1.29 is 4.74 Å². The van der Waals surface area contributed by atoms with E-state index in [0.29, 0.717) is 23.7 Å². The van der Waals surface area contributed by atoms with Gasteiger partial charge in [-0.25, -0.2) is 4.98 Å². The Hall–Kier alpha value is -3.57. The van der Waals surface area contributed by atoms with Crippen LogP contribution in [0, 0.1) is 0 Å². The summed E-state index contributed by atoms with van der Waals surface area (Å²) in [5.41, 5.74) is 5.49. The molecule has 4 aromatic rings. The topological polar surface area (TPSA) is 51.1 Å². The molecule has 0 radical (unpaired) electrons. The predicted octanol–water partition coefficient (Wildman–Crippen LogP) is 7.74. The normalized spacial score (nSPS) is 16.7. The summed E-state index contributed by atoms with van der Waals surface area (Å²) in [5.74, 6) is 2.88. The highest BCUT2D eigenvalue weighted by Gasteiger charge is 2.24. The Balaban J connectivity index is 1.33. The molecule has 0 spiro atoms. The van der Waals surface area contributed by atoms with Gasteiger partial charge in [-0.2, -0.15) is 0 Å². The smallest absolute Gasteiger partial charge is 0.128 e. The van der Waals surface area contributed by atoms with Crippen LogP contribution in [0.15, 0.2) is 97.7 Å². The summed E-state index contributed by atoms with van der Waals surface area (Å²) in [6, 6.07) is 24.2. The van der Waals surface area contributed by atoms with E-state index >= 15 is 0 Å². The van der Waals surface area contributed by atoms with Gasteiger partial charge in [0.1, 0.15) is 5.82 Å². The lowest BCUT2D eigenvalue weighted by atomic mass is 9.77. The fourth-order valence-corrected chi connectivity index (χ4v) is 6.05. The van der Waals surface area contributed by atoms with E-state index in [2.05, 4.69) is 107 Å². The Bertz CT molecular complexity index is 1280. The standard InChI is InChI=1S/C35H42N4O/c1-27(31-14-18-38-35(25-31)39-19-21-40-22-20-39)10-11-32(33-9-6-15-37-26-33)24-34(30-7-4-3-5-8-30)23-28(2)29-12-16-36-17-13-29/h3-9,12-18,25-28,32,34H,10-11,19-24H2,1-2H3. The summed E-state index contributed by atoms with van der Waals surface area (Å²) in [6.07, 6.45) is 14.2. The zero-order chi connectivity index (χ0) is 27.6. The number of hydrogen-bond donors (Lipinski definition) is 0. The van der Waals surface area contributed by atoms with Gasteiger partial charge in [0.15, 0.2) is 0 Å². The molecular formula is C35H42N4O. The highest BCUT2D eigenvalue weighted by molar-refractivity contribution is 5.42. The molecule has 0 bridgehead atoms. The molecule has 1 fully saturated rings. The molecule has 1 aromatic carbocycles. The highest BCUT2D eigenvalue weighted by atomic mass is 16.5. The van der Waals surface area contributed by atoms with Gasteiger partial charge in [-0.15, -0.1) is 0 Å². The van der Waals surface area contributed by atoms with Crippen LogP contribution in [-0.2, 0) is 4.74 Å². The lowest BCUT2D eigenvalue weighted by Crippen LogP contribution is -2.36. The molecule has 1 saturated heterocycles. The Kier molecular flexibility index (Phi) is 9.92. The van der Waals surface area contributed by atoms with Crippen molar-refractivity contribution in [3.8, 4) is 0 Å². The van der Waals surface area contributed by atoms with Gasteiger partial charge < -0.3 is 9.64 Å². The first-order valence-corrected chi connectivity index (χ1v) is 14.8. The van der Waals surface area contributed by atoms with Crippen LogP contribution in [0.1, 0.15) is 85.5 Å². The fourth-order valence-electron chi connectivity index (χ4n) is 6.05. The maximum atomic E-state index is 5.54. The van der Waals surface area contributed by atoms with Crippen LogP contribution in [-0.4, -0.2) is 41.3 Å². The number of pyridine rings is 3. The molecule has 1 aliphatic rings. The lowest BCUT2D eigenvalue weighted by molar-refractivity contribution is 0.122. The number of rotatable bonds is 12. The first-order valence-electron chi connectivity index (χ1n) is 14.8. The van der Waals surface area contributed by atoms with E-state index < -0.39 is 0 Å². The maximum absolute atomic E-state index is 5.54. The molecule has 4 unspecified atom stereocenters. The maximum Gasteiger partial charge on any atom is 0.128 e. The molecule has 0 amide bonds. The molecule has 208 valence electrons. The number of benzene rings is 1. The molecule has 4 atom stereocenters. The summed E-state index contributed by atoms with van der Waals surface area (Å²) in [7, 11) is 0. The number of nitrogens with zero attached hydrogens (tertiary/aromatic N) is 4. The van der Waals surface area contributed by atoms with Gasteiger partial charge in [0.25, 0.3) is 0 Å². The third-order valence-electron chi connectivity index (χ3n) is 8.53. The van der Waals surface area contributed by atoms with Gasteiger partial charge in [0.05, 0.1) is 13.2 Å². The predicted molar refractivity (Wildman–Crippen MR) is 163 cm³/mol. The summed E-state index contributed by atoms with van der Waals surface area (Å²) >= 11 is 0. The molecular weight excluding hydrogens is 492 g/mol.